The molecule has 2 rings (SSSR count). The molecule has 1 atom stereocenters. The van der Waals surface area contributed by atoms with Gasteiger partial charge < -0.3 is 15.4 Å². The summed E-state index contributed by atoms with van der Waals surface area (Å²) in [5, 5.41) is 0. The van der Waals surface area contributed by atoms with Gasteiger partial charge in [0.15, 0.2) is 0 Å². The molecule has 100 valence electrons. The van der Waals surface area contributed by atoms with Crippen LogP contribution in [0.1, 0.15) is 31.2 Å². The first-order valence-electron chi connectivity index (χ1n) is 6.86. The summed E-state index contributed by atoms with van der Waals surface area (Å²) >= 11 is 0. The molecule has 2 N–H and O–H groups in total. The van der Waals surface area contributed by atoms with Crippen molar-refractivity contribution < 1.29 is 4.74 Å². The fraction of sp³-hybridized carbons (Fsp3) is 0.600. The Balaban J connectivity index is 1.82. The Morgan fingerprint density at radius 1 is 1.39 bits per heavy atom. The molecule has 1 unspecified atom stereocenters. The summed E-state index contributed by atoms with van der Waals surface area (Å²) in [5.74, 6) is 0.925. The quantitative estimate of drug-likeness (QED) is 0.833. The second-order valence-corrected chi connectivity index (χ2v) is 5.29. The number of hydrogen-bond acceptors (Lipinski definition) is 3. The summed E-state index contributed by atoms with van der Waals surface area (Å²) in [6, 6.07) is 6.52. The van der Waals surface area contributed by atoms with E-state index in [9.17, 15) is 0 Å². The normalized spacial score (nSPS) is 20.9. The predicted octanol–water partition coefficient (Wildman–Crippen LogP) is 2.83. The average Bonchev–Trinajstić information content (AvgIpc) is 2.36. The Morgan fingerprint density at radius 2 is 2.22 bits per heavy atom. The lowest BCUT2D eigenvalue weighted by Gasteiger charge is -2.32. The van der Waals surface area contributed by atoms with Gasteiger partial charge in [0, 0.05) is 17.8 Å². The summed E-state index contributed by atoms with van der Waals surface area (Å²) in [6.07, 6.45) is 5.09. The average molecular weight is 248 g/mol. The van der Waals surface area contributed by atoms with E-state index >= 15 is 0 Å². The third-order valence-electron chi connectivity index (χ3n) is 3.84. The van der Waals surface area contributed by atoms with Gasteiger partial charge in [-0.25, -0.2) is 0 Å². The van der Waals surface area contributed by atoms with Crippen LogP contribution < -0.4 is 10.5 Å². The minimum Gasteiger partial charge on any atom is -0.493 e. The zero-order valence-electron chi connectivity index (χ0n) is 11.5. The molecule has 0 bridgehead atoms. The van der Waals surface area contributed by atoms with Crippen LogP contribution in [0.3, 0.4) is 0 Å². The number of nitrogen functional groups attached to an aromatic ring is 1. The Labute approximate surface area is 110 Å². The smallest absolute Gasteiger partial charge is 0.124 e. The van der Waals surface area contributed by atoms with E-state index in [1.165, 1.54) is 25.8 Å². The monoisotopic (exact) mass is 248 g/mol. The Morgan fingerprint density at radius 3 is 3.00 bits per heavy atom. The van der Waals surface area contributed by atoms with E-state index in [1.807, 2.05) is 18.2 Å². The summed E-state index contributed by atoms with van der Waals surface area (Å²) in [4.78, 5) is 2.46. The van der Waals surface area contributed by atoms with Gasteiger partial charge in [0.25, 0.3) is 0 Å². The number of nitrogens with two attached hydrogens (primary N) is 1. The molecule has 18 heavy (non-hydrogen) atoms. The minimum atomic E-state index is 0.681. The number of hydrogen-bond donors (Lipinski definition) is 1. The summed E-state index contributed by atoms with van der Waals surface area (Å²) < 4.78 is 5.86. The van der Waals surface area contributed by atoms with Crippen molar-refractivity contribution in [1.29, 1.82) is 0 Å². The van der Waals surface area contributed by atoms with Crippen molar-refractivity contribution in [2.24, 2.45) is 0 Å². The minimum absolute atomic E-state index is 0.681. The SMILES string of the molecule is Cc1ccc(N)cc1OCCC1CCCCN1C. The number of rotatable bonds is 4. The molecule has 1 aliphatic heterocycles. The highest BCUT2D eigenvalue weighted by atomic mass is 16.5. The Bertz CT molecular complexity index is 392. The Kier molecular flexibility index (Phi) is 4.48. The molecule has 0 spiro atoms. The van der Waals surface area contributed by atoms with E-state index in [2.05, 4.69) is 18.9 Å². The van der Waals surface area contributed by atoms with Crippen molar-refractivity contribution in [3.8, 4) is 5.75 Å². The maximum atomic E-state index is 5.86. The molecule has 0 aliphatic carbocycles. The second kappa shape index (κ2) is 6.10. The summed E-state index contributed by atoms with van der Waals surface area (Å²) in [5.41, 5.74) is 7.70. The summed E-state index contributed by atoms with van der Waals surface area (Å²) in [7, 11) is 2.22. The van der Waals surface area contributed by atoms with Gasteiger partial charge in [-0.15, -0.1) is 0 Å². The van der Waals surface area contributed by atoms with Gasteiger partial charge in [0.2, 0.25) is 0 Å². The molecule has 0 aromatic heterocycles. The first-order chi connectivity index (χ1) is 8.66. The van der Waals surface area contributed by atoms with Crippen LogP contribution in [0.5, 0.6) is 5.75 Å². The zero-order valence-corrected chi connectivity index (χ0v) is 11.5. The maximum Gasteiger partial charge on any atom is 0.124 e. The van der Waals surface area contributed by atoms with Gasteiger partial charge in [0.05, 0.1) is 6.61 Å². The number of aryl methyl sites for hydroxylation is 1. The molecular weight excluding hydrogens is 224 g/mol. The van der Waals surface area contributed by atoms with Gasteiger partial charge in [0.1, 0.15) is 5.75 Å². The highest BCUT2D eigenvalue weighted by molar-refractivity contribution is 5.47. The molecule has 3 heteroatoms. The predicted molar refractivity (Wildman–Crippen MR) is 76.0 cm³/mol. The maximum absolute atomic E-state index is 5.86. The third kappa shape index (κ3) is 3.39. The van der Waals surface area contributed by atoms with Crippen LogP contribution in [0.25, 0.3) is 0 Å². The molecule has 0 radical (unpaired) electrons. The number of nitrogens with zero attached hydrogens (tertiary/aromatic N) is 1. The fourth-order valence-corrected chi connectivity index (χ4v) is 2.59. The van der Waals surface area contributed by atoms with Crippen molar-refractivity contribution in [3.05, 3.63) is 23.8 Å². The topological polar surface area (TPSA) is 38.5 Å². The van der Waals surface area contributed by atoms with Crippen LogP contribution in [-0.2, 0) is 0 Å². The molecule has 1 aromatic rings. The van der Waals surface area contributed by atoms with E-state index in [-0.39, 0.29) is 0 Å². The number of benzene rings is 1. The van der Waals surface area contributed by atoms with Gasteiger partial charge in [-0.1, -0.05) is 12.5 Å². The lowest BCUT2D eigenvalue weighted by atomic mass is 10.0. The van der Waals surface area contributed by atoms with E-state index in [0.29, 0.717) is 6.04 Å². The molecule has 1 fully saturated rings. The standard InChI is InChI=1S/C15H24N2O/c1-12-6-7-13(16)11-15(12)18-10-8-14-5-3-4-9-17(14)2/h6-7,11,14H,3-5,8-10,16H2,1-2H3. The molecule has 3 nitrogen and oxygen atoms in total. The van der Waals surface area contributed by atoms with E-state index < -0.39 is 0 Å². The number of likely N-dealkylation sites (tertiary alicyclic amines) is 1. The van der Waals surface area contributed by atoms with Crippen LogP contribution in [0.4, 0.5) is 5.69 Å². The molecule has 0 saturated carbocycles. The van der Waals surface area contributed by atoms with Crippen LogP contribution in [-0.4, -0.2) is 31.1 Å². The van der Waals surface area contributed by atoms with Crippen molar-refractivity contribution in [3.63, 3.8) is 0 Å². The molecule has 1 heterocycles. The van der Waals surface area contributed by atoms with E-state index in [4.69, 9.17) is 10.5 Å². The second-order valence-electron chi connectivity index (χ2n) is 5.29. The van der Waals surface area contributed by atoms with E-state index in [0.717, 1.165) is 30.0 Å². The van der Waals surface area contributed by atoms with Crippen LogP contribution in [0, 0.1) is 6.92 Å². The molecule has 1 saturated heterocycles. The highest BCUT2D eigenvalue weighted by Crippen LogP contribution is 2.22. The number of anilines is 1. The van der Waals surface area contributed by atoms with E-state index in [1.54, 1.807) is 0 Å². The number of piperidine rings is 1. The van der Waals surface area contributed by atoms with Crippen LogP contribution in [0.2, 0.25) is 0 Å². The first-order valence-corrected chi connectivity index (χ1v) is 6.86. The molecular formula is C15H24N2O. The molecule has 0 amide bonds. The fourth-order valence-electron chi connectivity index (χ4n) is 2.59. The summed E-state index contributed by atoms with van der Waals surface area (Å²) in [6.45, 7) is 4.06. The number of ether oxygens (including phenoxy) is 1. The first kappa shape index (κ1) is 13.2. The van der Waals surface area contributed by atoms with Crippen LogP contribution >= 0.6 is 0 Å². The van der Waals surface area contributed by atoms with Gasteiger partial charge in [-0.3, -0.25) is 0 Å². The molecule has 1 aromatic carbocycles. The lowest BCUT2D eigenvalue weighted by molar-refractivity contribution is 0.153. The van der Waals surface area contributed by atoms with Gasteiger partial charge in [-0.2, -0.15) is 0 Å². The van der Waals surface area contributed by atoms with Crippen molar-refractivity contribution >= 4 is 5.69 Å². The highest BCUT2D eigenvalue weighted by Gasteiger charge is 2.18. The van der Waals surface area contributed by atoms with Crippen LogP contribution in [0.15, 0.2) is 18.2 Å². The van der Waals surface area contributed by atoms with Crippen molar-refractivity contribution in [2.75, 3.05) is 25.9 Å². The third-order valence-corrected chi connectivity index (χ3v) is 3.84. The van der Waals surface area contributed by atoms with Gasteiger partial charge >= 0.3 is 0 Å². The van der Waals surface area contributed by atoms with Gasteiger partial charge in [-0.05, 0) is 51.4 Å². The zero-order chi connectivity index (χ0) is 13.0. The lowest BCUT2D eigenvalue weighted by Crippen LogP contribution is -2.37. The van der Waals surface area contributed by atoms with Crippen molar-refractivity contribution in [2.45, 2.75) is 38.6 Å². The van der Waals surface area contributed by atoms with Crippen molar-refractivity contribution in [1.82, 2.24) is 4.90 Å². The Hall–Kier alpha value is -1.22. The molecule has 1 aliphatic rings. The largest absolute Gasteiger partial charge is 0.493 e.